The van der Waals surface area contributed by atoms with E-state index in [1.165, 1.54) is 16.2 Å². The van der Waals surface area contributed by atoms with Crippen LogP contribution in [0.5, 0.6) is 0 Å². The van der Waals surface area contributed by atoms with Crippen molar-refractivity contribution in [2.24, 2.45) is 5.92 Å². The van der Waals surface area contributed by atoms with Crippen LogP contribution in [0.4, 0.5) is 18.6 Å². The van der Waals surface area contributed by atoms with Gasteiger partial charge in [0.2, 0.25) is 0 Å². The maximum absolute atomic E-state index is 13.4. The molecule has 8 heteroatoms. The summed E-state index contributed by atoms with van der Waals surface area (Å²) in [7, 11) is 0. The van der Waals surface area contributed by atoms with E-state index in [-0.39, 0.29) is 13.0 Å². The van der Waals surface area contributed by atoms with Crippen molar-refractivity contribution in [3.8, 4) is 10.6 Å². The molecule has 140 valence electrons. The largest absolute Gasteiger partial charge is 0.443 e. The fourth-order valence-electron chi connectivity index (χ4n) is 2.50. The average Bonchev–Trinajstić information content (AvgIpc) is 2.96. The molecule has 1 amide bonds. The van der Waals surface area contributed by atoms with Crippen LogP contribution in [-0.2, 0) is 4.74 Å². The van der Waals surface area contributed by atoms with Crippen LogP contribution in [0.15, 0.2) is 24.5 Å². The van der Waals surface area contributed by atoms with Crippen LogP contribution in [0, 0.1) is 12.8 Å². The van der Waals surface area contributed by atoms with Crippen LogP contribution in [0.2, 0.25) is 0 Å². The van der Waals surface area contributed by atoms with Crippen molar-refractivity contribution in [2.75, 3.05) is 11.4 Å². The average molecular weight is 381 g/mol. The van der Waals surface area contributed by atoms with Crippen LogP contribution in [0.1, 0.15) is 32.9 Å². The number of amides is 1. The van der Waals surface area contributed by atoms with Gasteiger partial charge in [0.25, 0.3) is 5.92 Å². The van der Waals surface area contributed by atoms with Gasteiger partial charge in [-0.25, -0.2) is 18.6 Å². The zero-order valence-electron chi connectivity index (χ0n) is 15.1. The minimum atomic E-state index is -2.72. The lowest BCUT2D eigenvalue weighted by atomic mass is 10.2. The molecular weight excluding hydrogens is 360 g/mol. The predicted molar refractivity (Wildman–Crippen MR) is 96.7 cm³/mol. The molecule has 2 heterocycles. The smallest absolute Gasteiger partial charge is 0.415 e. The lowest BCUT2D eigenvalue weighted by Gasteiger charge is -2.26. The number of aryl methyl sites for hydroxylation is 1. The summed E-state index contributed by atoms with van der Waals surface area (Å²) in [6, 6.07) is 3.66. The molecule has 0 aliphatic heterocycles. The van der Waals surface area contributed by atoms with Crippen LogP contribution >= 0.6 is 11.3 Å². The van der Waals surface area contributed by atoms with E-state index in [1.807, 2.05) is 6.07 Å². The van der Waals surface area contributed by atoms with E-state index in [2.05, 4.69) is 9.97 Å². The maximum Gasteiger partial charge on any atom is 0.415 e. The number of hydrogen-bond donors (Lipinski definition) is 0. The first-order valence-corrected chi connectivity index (χ1v) is 9.14. The Hall–Kier alpha value is -2.09. The van der Waals surface area contributed by atoms with Crippen molar-refractivity contribution < 1.29 is 18.3 Å². The quantitative estimate of drug-likeness (QED) is 0.755. The highest BCUT2D eigenvalue weighted by Crippen LogP contribution is 2.50. The van der Waals surface area contributed by atoms with Crippen molar-refractivity contribution in [2.45, 2.75) is 45.6 Å². The molecule has 0 N–H and O–H groups in total. The topological polar surface area (TPSA) is 55.3 Å². The van der Waals surface area contributed by atoms with E-state index < -0.39 is 23.5 Å². The number of thiazole rings is 1. The number of alkyl halides is 2. The summed E-state index contributed by atoms with van der Waals surface area (Å²) in [4.78, 5) is 22.5. The van der Waals surface area contributed by atoms with Crippen LogP contribution in [0.25, 0.3) is 10.6 Å². The van der Waals surface area contributed by atoms with E-state index in [0.717, 1.165) is 5.56 Å². The molecule has 0 spiro atoms. The lowest BCUT2D eigenvalue weighted by molar-refractivity contribution is 0.0568. The van der Waals surface area contributed by atoms with Crippen molar-refractivity contribution in [1.82, 2.24) is 9.97 Å². The van der Waals surface area contributed by atoms with Gasteiger partial charge in [-0.1, -0.05) is 11.3 Å². The number of pyridine rings is 1. The summed E-state index contributed by atoms with van der Waals surface area (Å²) in [6.45, 7) is 6.91. The molecule has 2 aromatic rings. The lowest BCUT2D eigenvalue weighted by Crippen LogP contribution is -2.38. The van der Waals surface area contributed by atoms with Crippen molar-refractivity contribution >= 4 is 22.4 Å². The standard InChI is InChI=1S/C18H21F2N3O2S/c1-11-15(26-14(22-11)12-6-5-7-21-9-12)23(10-13-8-18(13,19)20)16(24)25-17(2,3)4/h5-7,9,13H,8,10H2,1-4H3. The zero-order chi connectivity index (χ0) is 19.1. The van der Waals surface area contributed by atoms with Crippen molar-refractivity contribution in [3.63, 3.8) is 0 Å². The van der Waals surface area contributed by atoms with Crippen LogP contribution in [-0.4, -0.2) is 34.1 Å². The van der Waals surface area contributed by atoms with Gasteiger partial charge in [-0.2, -0.15) is 0 Å². The number of halogens is 2. The van der Waals surface area contributed by atoms with Gasteiger partial charge in [0, 0.05) is 36.8 Å². The molecule has 0 radical (unpaired) electrons. The highest BCUT2D eigenvalue weighted by atomic mass is 32.1. The molecule has 1 saturated carbocycles. The summed E-state index contributed by atoms with van der Waals surface area (Å²) >= 11 is 1.27. The maximum atomic E-state index is 13.4. The summed E-state index contributed by atoms with van der Waals surface area (Å²) in [5, 5.41) is 1.21. The Morgan fingerprint density at radius 3 is 2.69 bits per heavy atom. The van der Waals surface area contributed by atoms with Crippen molar-refractivity contribution in [3.05, 3.63) is 30.2 Å². The van der Waals surface area contributed by atoms with Gasteiger partial charge < -0.3 is 4.74 Å². The molecule has 0 aromatic carbocycles. The SMILES string of the molecule is Cc1nc(-c2cccnc2)sc1N(CC1CC1(F)F)C(=O)OC(C)(C)C. The summed E-state index contributed by atoms with van der Waals surface area (Å²) in [6.07, 6.45) is 2.49. The molecule has 1 aliphatic rings. The van der Waals surface area contributed by atoms with Gasteiger partial charge >= 0.3 is 6.09 Å². The fraction of sp³-hybridized carbons (Fsp3) is 0.500. The molecule has 26 heavy (non-hydrogen) atoms. The Labute approximate surface area is 155 Å². The number of carbonyl (C=O) groups is 1. The first-order chi connectivity index (χ1) is 12.1. The van der Waals surface area contributed by atoms with Crippen LogP contribution < -0.4 is 4.90 Å². The number of ether oxygens (including phenoxy) is 1. The Balaban J connectivity index is 1.91. The molecule has 5 nitrogen and oxygen atoms in total. The summed E-state index contributed by atoms with van der Waals surface area (Å²) < 4.78 is 32.3. The molecule has 1 aliphatic carbocycles. The number of hydrogen-bond acceptors (Lipinski definition) is 5. The minimum absolute atomic E-state index is 0.0859. The van der Waals surface area contributed by atoms with E-state index >= 15 is 0 Å². The van der Waals surface area contributed by atoms with Gasteiger partial charge in [0.1, 0.15) is 15.6 Å². The first-order valence-electron chi connectivity index (χ1n) is 8.33. The third-order valence-electron chi connectivity index (χ3n) is 3.90. The number of rotatable bonds is 4. The fourth-order valence-corrected chi connectivity index (χ4v) is 3.55. The molecule has 3 rings (SSSR count). The number of anilines is 1. The van der Waals surface area contributed by atoms with Crippen molar-refractivity contribution in [1.29, 1.82) is 0 Å². The Morgan fingerprint density at radius 1 is 1.46 bits per heavy atom. The molecular formula is C18H21F2N3O2S. The minimum Gasteiger partial charge on any atom is -0.443 e. The van der Waals surface area contributed by atoms with Crippen LogP contribution in [0.3, 0.4) is 0 Å². The highest BCUT2D eigenvalue weighted by molar-refractivity contribution is 7.19. The third-order valence-corrected chi connectivity index (χ3v) is 5.13. The van der Waals surface area contributed by atoms with Gasteiger partial charge in [-0.3, -0.25) is 9.88 Å². The number of nitrogens with zero attached hydrogens (tertiary/aromatic N) is 3. The van der Waals surface area contributed by atoms with Gasteiger partial charge in [0.15, 0.2) is 0 Å². The van der Waals surface area contributed by atoms with E-state index in [0.29, 0.717) is 15.7 Å². The van der Waals surface area contributed by atoms with Gasteiger partial charge in [-0.15, -0.1) is 0 Å². The first kappa shape index (κ1) is 18.7. The molecule has 1 fully saturated rings. The van der Waals surface area contributed by atoms with E-state index in [9.17, 15) is 13.6 Å². The molecule has 1 atom stereocenters. The summed E-state index contributed by atoms with van der Waals surface area (Å²) in [5.41, 5.74) is 0.697. The van der Waals surface area contributed by atoms with Gasteiger partial charge in [0.05, 0.1) is 5.69 Å². The second-order valence-electron chi connectivity index (χ2n) is 7.40. The molecule has 2 aromatic heterocycles. The van der Waals surface area contributed by atoms with Gasteiger partial charge in [-0.05, 0) is 39.8 Å². The molecule has 0 saturated heterocycles. The van der Waals surface area contributed by atoms with E-state index in [1.54, 1.807) is 46.2 Å². The highest BCUT2D eigenvalue weighted by Gasteiger charge is 2.58. The third kappa shape index (κ3) is 4.17. The second kappa shape index (κ2) is 6.57. The Kier molecular flexibility index (Phi) is 4.72. The Bertz CT molecular complexity index is 803. The number of aromatic nitrogens is 2. The Morgan fingerprint density at radius 2 is 2.15 bits per heavy atom. The zero-order valence-corrected chi connectivity index (χ0v) is 15.9. The molecule has 0 bridgehead atoms. The normalized spacial score (nSPS) is 18.5. The monoisotopic (exact) mass is 381 g/mol. The molecule has 1 unspecified atom stereocenters. The number of carbonyl (C=O) groups excluding carboxylic acids is 1. The predicted octanol–water partition coefficient (Wildman–Crippen LogP) is 4.91. The van der Waals surface area contributed by atoms with E-state index in [4.69, 9.17) is 4.74 Å². The summed E-state index contributed by atoms with van der Waals surface area (Å²) in [5.74, 6) is -3.57. The second-order valence-corrected chi connectivity index (χ2v) is 8.38.